The molecule has 0 aromatic heterocycles. The first-order valence-electron chi connectivity index (χ1n) is 11.9. The Hall–Kier alpha value is -1.44. The van der Waals surface area contributed by atoms with Gasteiger partial charge in [0.15, 0.2) is 0 Å². The van der Waals surface area contributed by atoms with Gasteiger partial charge in [0.25, 0.3) is 0 Å². The molecule has 5 fully saturated rings. The number of nitrogens with two attached hydrogens (primary N) is 1. The molecule has 0 radical (unpaired) electrons. The third-order valence-corrected chi connectivity index (χ3v) is 10.3. The molecule has 1 aromatic rings. The van der Waals surface area contributed by atoms with Gasteiger partial charge in [-0.2, -0.15) is 0 Å². The van der Waals surface area contributed by atoms with E-state index in [0.29, 0.717) is 40.5 Å². The van der Waals surface area contributed by atoms with Crippen LogP contribution < -0.4 is 15.8 Å². The molecule has 2 amide bonds. The summed E-state index contributed by atoms with van der Waals surface area (Å²) >= 11 is 6.27. The van der Waals surface area contributed by atoms with Crippen molar-refractivity contribution >= 4 is 34.4 Å². The highest BCUT2D eigenvalue weighted by molar-refractivity contribution is 7.83. The molecule has 3 atom stereocenters. The summed E-state index contributed by atoms with van der Waals surface area (Å²) in [4.78, 5) is 26.5. The Labute approximate surface area is 197 Å². The number of nitrogens with one attached hydrogen (secondary N) is 2. The fraction of sp³-hybridized carbons (Fsp3) is 0.667. The minimum Gasteiger partial charge on any atom is -0.369 e. The number of hydrogen-bond donors (Lipinski definition) is 3. The topological polar surface area (TPSA) is 101 Å². The molecule has 0 saturated heterocycles. The van der Waals surface area contributed by atoms with Gasteiger partial charge in [-0.15, -0.1) is 0 Å². The lowest BCUT2D eigenvalue weighted by Crippen LogP contribution is -2.66. The zero-order valence-corrected chi connectivity index (χ0v) is 19.9. The summed E-state index contributed by atoms with van der Waals surface area (Å²) in [6.07, 6.45) is 8.83. The summed E-state index contributed by atoms with van der Waals surface area (Å²) in [7, 11) is -1.58. The third-order valence-electron chi connectivity index (χ3n) is 8.56. The van der Waals surface area contributed by atoms with Crippen LogP contribution in [-0.4, -0.2) is 27.6 Å². The molecular formula is C24H32ClN3O3S. The molecule has 0 aliphatic heterocycles. The van der Waals surface area contributed by atoms with Crippen molar-refractivity contribution in [1.82, 2.24) is 10.0 Å². The first-order valence-corrected chi connectivity index (χ1v) is 13.4. The minimum atomic E-state index is -1.58. The zero-order valence-electron chi connectivity index (χ0n) is 18.3. The molecule has 6 rings (SSSR count). The summed E-state index contributed by atoms with van der Waals surface area (Å²) in [5, 5.41) is 3.81. The lowest BCUT2D eigenvalue weighted by Gasteiger charge is -2.59. The van der Waals surface area contributed by atoms with E-state index in [1.807, 2.05) is 0 Å². The van der Waals surface area contributed by atoms with Crippen molar-refractivity contribution in [2.45, 2.75) is 80.7 Å². The first kappa shape index (κ1) is 22.4. The summed E-state index contributed by atoms with van der Waals surface area (Å²) in [5.41, 5.74) is 4.58. The van der Waals surface area contributed by atoms with Gasteiger partial charge < -0.3 is 11.1 Å². The van der Waals surface area contributed by atoms with Crippen molar-refractivity contribution in [1.29, 1.82) is 0 Å². The molecule has 0 spiro atoms. The van der Waals surface area contributed by atoms with Crippen molar-refractivity contribution in [3.05, 3.63) is 29.3 Å². The zero-order chi connectivity index (χ0) is 22.5. The molecule has 1 aromatic carbocycles. The van der Waals surface area contributed by atoms with Crippen molar-refractivity contribution in [3.8, 4) is 0 Å². The van der Waals surface area contributed by atoms with E-state index >= 15 is 0 Å². The van der Waals surface area contributed by atoms with Crippen LogP contribution in [0.25, 0.3) is 0 Å². The van der Waals surface area contributed by atoms with Gasteiger partial charge in [-0.05, 0) is 74.8 Å². The molecule has 0 heterocycles. The Morgan fingerprint density at radius 3 is 2.31 bits per heavy atom. The largest absolute Gasteiger partial charge is 0.369 e. The molecule has 4 bridgehead atoms. The maximum atomic E-state index is 13.7. The van der Waals surface area contributed by atoms with Gasteiger partial charge in [-0.1, -0.05) is 43.0 Å². The number of amides is 2. The Kier molecular flexibility index (Phi) is 5.87. The maximum absolute atomic E-state index is 13.7. The van der Waals surface area contributed by atoms with E-state index in [9.17, 15) is 13.8 Å². The van der Waals surface area contributed by atoms with Gasteiger partial charge in [0.1, 0.15) is 16.5 Å². The number of benzene rings is 1. The average molecular weight is 478 g/mol. The Morgan fingerprint density at radius 1 is 1.03 bits per heavy atom. The van der Waals surface area contributed by atoms with Gasteiger partial charge in [0.2, 0.25) is 11.8 Å². The molecule has 5 aliphatic carbocycles. The van der Waals surface area contributed by atoms with Crippen molar-refractivity contribution in [2.24, 2.45) is 28.9 Å². The van der Waals surface area contributed by atoms with Crippen molar-refractivity contribution in [3.63, 3.8) is 0 Å². The molecule has 5 aliphatic rings. The third kappa shape index (κ3) is 3.80. The monoisotopic (exact) mass is 477 g/mol. The van der Waals surface area contributed by atoms with Crippen LogP contribution >= 0.6 is 11.6 Å². The number of halogens is 1. The SMILES string of the molecule is NC(=O)C12CC3CC(C1)C(NC(=O)C1(NS(=O)c4ccccc4Cl)CCCCC1)C(C3)C2. The van der Waals surface area contributed by atoms with E-state index in [2.05, 4.69) is 10.0 Å². The van der Waals surface area contributed by atoms with Crippen LogP contribution in [0, 0.1) is 23.2 Å². The summed E-state index contributed by atoms with van der Waals surface area (Å²) in [5.74, 6) is 0.924. The van der Waals surface area contributed by atoms with Gasteiger partial charge in [0.05, 0.1) is 9.92 Å². The number of rotatable bonds is 6. The van der Waals surface area contributed by atoms with Crippen molar-refractivity contribution in [2.75, 3.05) is 0 Å². The summed E-state index contributed by atoms with van der Waals surface area (Å²) < 4.78 is 16.4. The van der Waals surface area contributed by atoms with Gasteiger partial charge in [-0.3, -0.25) is 9.59 Å². The second-order valence-electron chi connectivity index (χ2n) is 10.6. The van der Waals surface area contributed by atoms with Crippen LogP contribution in [0.4, 0.5) is 0 Å². The van der Waals surface area contributed by atoms with Crippen LogP contribution in [-0.2, 0) is 20.6 Å². The molecule has 32 heavy (non-hydrogen) atoms. The predicted molar refractivity (Wildman–Crippen MR) is 124 cm³/mol. The van der Waals surface area contributed by atoms with E-state index in [-0.39, 0.29) is 23.3 Å². The standard InChI is InChI=1S/C24H32ClN3O3S/c25-18-6-2-3-7-19(18)32(31)28-24(8-4-1-5-9-24)22(30)27-20-16-10-15-11-17(20)14-23(12-15,13-16)21(26)29/h2-3,6-7,15-17,20,28H,1,4-5,8-14H2,(H2,26,29)(H,27,30). The second-order valence-corrected chi connectivity index (χ2v) is 12.1. The maximum Gasteiger partial charge on any atom is 0.241 e. The van der Waals surface area contributed by atoms with Crippen LogP contribution in [0.15, 0.2) is 29.2 Å². The van der Waals surface area contributed by atoms with E-state index in [1.54, 1.807) is 24.3 Å². The van der Waals surface area contributed by atoms with Crippen LogP contribution in [0.5, 0.6) is 0 Å². The molecule has 8 heteroatoms. The molecule has 5 saturated carbocycles. The highest BCUT2D eigenvalue weighted by atomic mass is 35.5. The molecular weight excluding hydrogens is 446 g/mol. The molecule has 4 N–H and O–H groups in total. The molecule has 174 valence electrons. The number of carbonyl (C=O) groups excluding carboxylic acids is 2. The Bertz CT molecular complexity index is 932. The number of hydrogen-bond acceptors (Lipinski definition) is 3. The van der Waals surface area contributed by atoms with Crippen molar-refractivity contribution < 1.29 is 13.8 Å². The first-order chi connectivity index (χ1) is 15.3. The van der Waals surface area contributed by atoms with Crippen LogP contribution in [0.2, 0.25) is 5.02 Å². The highest BCUT2D eigenvalue weighted by Crippen LogP contribution is 2.60. The quantitative estimate of drug-likeness (QED) is 0.584. The van der Waals surface area contributed by atoms with Crippen LogP contribution in [0.1, 0.15) is 64.2 Å². The molecule has 3 unspecified atom stereocenters. The fourth-order valence-electron chi connectivity index (χ4n) is 7.21. The van der Waals surface area contributed by atoms with E-state index in [0.717, 1.165) is 51.4 Å². The van der Waals surface area contributed by atoms with E-state index in [1.165, 1.54) is 0 Å². The Balaban J connectivity index is 1.35. The summed E-state index contributed by atoms with van der Waals surface area (Å²) in [6.45, 7) is 0. The second kappa shape index (κ2) is 8.41. The Morgan fingerprint density at radius 2 is 1.69 bits per heavy atom. The van der Waals surface area contributed by atoms with E-state index in [4.69, 9.17) is 17.3 Å². The molecule has 6 nitrogen and oxygen atoms in total. The van der Waals surface area contributed by atoms with Crippen LogP contribution in [0.3, 0.4) is 0 Å². The van der Waals surface area contributed by atoms with Gasteiger partial charge in [-0.25, -0.2) is 8.93 Å². The van der Waals surface area contributed by atoms with Gasteiger partial charge >= 0.3 is 0 Å². The average Bonchev–Trinajstić information content (AvgIpc) is 2.76. The lowest BCUT2D eigenvalue weighted by molar-refractivity contribution is -0.148. The number of primary amides is 1. The minimum absolute atomic E-state index is 0.0526. The predicted octanol–water partition coefficient (Wildman–Crippen LogP) is 3.45. The van der Waals surface area contributed by atoms with E-state index < -0.39 is 16.5 Å². The van der Waals surface area contributed by atoms with Gasteiger partial charge in [0, 0.05) is 11.5 Å². The smallest absolute Gasteiger partial charge is 0.241 e. The highest BCUT2D eigenvalue weighted by Gasteiger charge is 2.58. The lowest BCUT2D eigenvalue weighted by atomic mass is 9.47. The number of carbonyl (C=O) groups is 2. The fourth-order valence-corrected chi connectivity index (χ4v) is 8.76. The summed E-state index contributed by atoms with van der Waals surface area (Å²) in [6, 6.07) is 7.13. The normalized spacial score (nSPS) is 35.9.